The van der Waals surface area contributed by atoms with E-state index in [1.54, 1.807) is 6.07 Å². The number of non-ortho nitro benzene ring substituents is 1. The van der Waals surface area contributed by atoms with Crippen molar-refractivity contribution in [2.24, 2.45) is 0 Å². The average molecular weight is 291 g/mol. The maximum Gasteiger partial charge on any atom is 0.300 e. The van der Waals surface area contributed by atoms with Gasteiger partial charge in [0.15, 0.2) is 5.52 Å². The van der Waals surface area contributed by atoms with Crippen LogP contribution in [0.3, 0.4) is 0 Å². The Hall–Kier alpha value is -2.22. The van der Waals surface area contributed by atoms with E-state index in [0.29, 0.717) is 11.6 Å². The van der Waals surface area contributed by atoms with Crippen LogP contribution < -0.4 is 10.2 Å². The first kappa shape index (κ1) is 13.7. The third-order valence-corrected chi connectivity index (χ3v) is 3.93. The van der Waals surface area contributed by atoms with Crippen molar-refractivity contribution in [1.29, 1.82) is 0 Å². The lowest BCUT2D eigenvalue weighted by atomic mass is 10.0. The molecule has 2 heterocycles. The lowest BCUT2D eigenvalue weighted by Gasteiger charge is -2.35. The molecule has 1 aliphatic rings. The van der Waals surface area contributed by atoms with Crippen LogP contribution in [-0.2, 0) is 0 Å². The molecule has 1 atom stereocenters. The number of benzene rings is 1. The van der Waals surface area contributed by atoms with E-state index in [1.165, 1.54) is 6.07 Å². The highest BCUT2D eigenvalue weighted by atomic mass is 16.6. The van der Waals surface area contributed by atoms with E-state index in [2.05, 4.69) is 27.5 Å². The van der Waals surface area contributed by atoms with E-state index >= 15 is 0 Å². The zero-order chi connectivity index (χ0) is 14.8. The van der Waals surface area contributed by atoms with Gasteiger partial charge in [-0.15, -0.1) is 0 Å². The number of piperidine rings is 1. The largest absolute Gasteiger partial charge is 0.366 e. The molecular formula is C13H17N5O3. The zero-order valence-corrected chi connectivity index (χ0v) is 11.8. The minimum absolute atomic E-state index is 0.0761. The number of fused-ring (bicyclic) bond motifs is 1. The zero-order valence-electron chi connectivity index (χ0n) is 11.8. The van der Waals surface area contributed by atoms with E-state index in [-0.39, 0.29) is 11.2 Å². The van der Waals surface area contributed by atoms with E-state index in [4.69, 9.17) is 4.63 Å². The topological polar surface area (TPSA) is 97.3 Å². The van der Waals surface area contributed by atoms with Gasteiger partial charge in [0.1, 0.15) is 0 Å². The van der Waals surface area contributed by atoms with Gasteiger partial charge in [-0.2, -0.15) is 0 Å². The standard InChI is InChI=1S/C13H17N5O3/c1-2-17(9-4-3-7-14-8-9)10-5-6-11(18(19)20)13-12(10)15-21-16-13/h5-6,9,14H,2-4,7-8H2,1H3. The van der Waals surface area contributed by atoms with Crippen LogP contribution in [0.15, 0.2) is 16.8 Å². The molecular weight excluding hydrogens is 274 g/mol. The molecule has 1 aliphatic heterocycles. The number of rotatable bonds is 4. The summed E-state index contributed by atoms with van der Waals surface area (Å²) < 4.78 is 4.73. The molecule has 0 bridgehead atoms. The number of hydrogen-bond donors (Lipinski definition) is 1. The molecule has 0 saturated carbocycles. The second-order valence-corrected chi connectivity index (χ2v) is 5.11. The van der Waals surface area contributed by atoms with Gasteiger partial charge in [0.05, 0.1) is 10.6 Å². The smallest absolute Gasteiger partial charge is 0.300 e. The highest BCUT2D eigenvalue weighted by molar-refractivity contribution is 5.93. The van der Waals surface area contributed by atoms with Gasteiger partial charge in [-0.1, -0.05) is 0 Å². The summed E-state index contributed by atoms with van der Waals surface area (Å²) in [7, 11) is 0. The van der Waals surface area contributed by atoms with Crippen LogP contribution >= 0.6 is 0 Å². The maximum atomic E-state index is 11.0. The van der Waals surface area contributed by atoms with Gasteiger partial charge in [-0.05, 0) is 42.7 Å². The number of likely N-dealkylation sites (N-methyl/N-ethyl adjacent to an activating group) is 1. The van der Waals surface area contributed by atoms with E-state index in [0.717, 1.165) is 38.2 Å². The second-order valence-electron chi connectivity index (χ2n) is 5.11. The van der Waals surface area contributed by atoms with Gasteiger partial charge in [0.25, 0.3) is 0 Å². The van der Waals surface area contributed by atoms with Crippen molar-refractivity contribution in [2.45, 2.75) is 25.8 Å². The van der Waals surface area contributed by atoms with Crippen LogP contribution in [0.25, 0.3) is 11.0 Å². The molecule has 3 rings (SSSR count). The van der Waals surface area contributed by atoms with Crippen LogP contribution in [0.1, 0.15) is 19.8 Å². The van der Waals surface area contributed by atoms with Gasteiger partial charge in [-0.3, -0.25) is 10.1 Å². The molecule has 1 N–H and O–H groups in total. The summed E-state index contributed by atoms with van der Waals surface area (Å²) in [5, 5.41) is 22.0. The molecule has 1 aromatic heterocycles. The number of aromatic nitrogens is 2. The minimum atomic E-state index is -0.464. The Kier molecular flexibility index (Phi) is 3.70. The molecule has 21 heavy (non-hydrogen) atoms. The van der Waals surface area contributed by atoms with Gasteiger partial charge >= 0.3 is 5.69 Å². The van der Waals surface area contributed by atoms with Gasteiger partial charge in [0, 0.05) is 25.2 Å². The maximum absolute atomic E-state index is 11.0. The van der Waals surface area contributed by atoms with Crippen LogP contribution in [0, 0.1) is 10.1 Å². The van der Waals surface area contributed by atoms with Crippen LogP contribution in [0.4, 0.5) is 11.4 Å². The van der Waals surface area contributed by atoms with Crippen LogP contribution in [0.5, 0.6) is 0 Å². The summed E-state index contributed by atoms with van der Waals surface area (Å²) in [5.41, 5.74) is 1.43. The summed E-state index contributed by atoms with van der Waals surface area (Å²) in [6, 6.07) is 3.56. The molecule has 2 aromatic rings. The monoisotopic (exact) mass is 291 g/mol. The molecule has 1 saturated heterocycles. The predicted octanol–water partition coefficient (Wildman–Crippen LogP) is 1.71. The Labute approximate surface area is 121 Å². The Morgan fingerprint density at radius 1 is 1.48 bits per heavy atom. The summed E-state index contributed by atoms with van der Waals surface area (Å²) in [6.07, 6.45) is 2.21. The van der Waals surface area contributed by atoms with Crippen molar-refractivity contribution in [3.63, 3.8) is 0 Å². The molecule has 0 aliphatic carbocycles. The van der Waals surface area contributed by atoms with Crippen molar-refractivity contribution in [3.8, 4) is 0 Å². The Morgan fingerprint density at radius 3 is 2.95 bits per heavy atom. The van der Waals surface area contributed by atoms with Crippen LogP contribution in [-0.4, -0.2) is 40.9 Å². The quantitative estimate of drug-likeness (QED) is 0.676. The van der Waals surface area contributed by atoms with E-state index in [1.807, 2.05) is 0 Å². The molecule has 8 heteroatoms. The van der Waals surface area contributed by atoms with Crippen molar-refractivity contribution in [2.75, 3.05) is 24.5 Å². The van der Waals surface area contributed by atoms with Crippen LogP contribution in [0.2, 0.25) is 0 Å². The fourth-order valence-electron chi connectivity index (χ4n) is 2.94. The van der Waals surface area contributed by atoms with Gasteiger partial charge in [-0.25, -0.2) is 4.63 Å². The average Bonchev–Trinajstić information content (AvgIpc) is 2.98. The van der Waals surface area contributed by atoms with E-state index < -0.39 is 4.92 Å². The van der Waals surface area contributed by atoms with Gasteiger partial charge < -0.3 is 10.2 Å². The molecule has 1 unspecified atom stereocenters. The first-order chi connectivity index (χ1) is 10.2. The fraction of sp³-hybridized carbons (Fsp3) is 0.538. The summed E-state index contributed by atoms with van der Waals surface area (Å²) in [4.78, 5) is 12.8. The molecule has 8 nitrogen and oxygen atoms in total. The van der Waals surface area contributed by atoms with Crippen molar-refractivity contribution in [3.05, 3.63) is 22.2 Å². The van der Waals surface area contributed by atoms with Crippen molar-refractivity contribution < 1.29 is 9.55 Å². The number of hydrogen-bond acceptors (Lipinski definition) is 7. The molecule has 112 valence electrons. The molecule has 0 radical (unpaired) electrons. The summed E-state index contributed by atoms with van der Waals surface area (Å²) in [5.74, 6) is 0. The summed E-state index contributed by atoms with van der Waals surface area (Å²) in [6.45, 7) is 4.80. The number of anilines is 1. The van der Waals surface area contributed by atoms with E-state index in [9.17, 15) is 10.1 Å². The number of nitrogens with zero attached hydrogens (tertiary/aromatic N) is 4. The Morgan fingerprint density at radius 2 is 2.29 bits per heavy atom. The third-order valence-electron chi connectivity index (χ3n) is 3.93. The fourth-order valence-corrected chi connectivity index (χ4v) is 2.94. The second kappa shape index (κ2) is 5.65. The first-order valence-corrected chi connectivity index (χ1v) is 7.09. The highest BCUT2D eigenvalue weighted by Crippen LogP contribution is 2.32. The van der Waals surface area contributed by atoms with Gasteiger partial charge in [0.2, 0.25) is 5.52 Å². The Balaban J connectivity index is 2.04. The minimum Gasteiger partial charge on any atom is -0.366 e. The molecule has 1 aromatic carbocycles. The highest BCUT2D eigenvalue weighted by Gasteiger charge is 2.26. The first-order valence-electron chi connectivity index (χ1n) is 7.09. The number of nitro groups is 1. The number of nitrogens with one attached hydrogen (secondary N) is 1. The normalized spacial score (nSPS) is 18.8. The predicted molar refractivity (Wildman–Crippen MR) is 77.4 cm³/mol. The molecule has 0 spiro atoms. The number of nitro benzene ring substituents is 1. The lowest BCUT2D eigenvalue weighted by Crippen LogP contribution is -2.46. The summed E-state index contributed by atoms with van der Waals surface area (Å²) >= 11 is 0. The molecule has 1 fully saturated rings. The van der Waals surface area contributed by atoms with Crippen molar-refractivity contribution in [1.82, 2.24) is 15.6 Å². The Bertz CT molecular complexity index is 650. The SMILES string of the molecule is CCN(c1ccc([N+](=O)[O-])c2nonc12)C1CCCNC1. The third kappa shape index (κ3) is 2.42. The van der Waals surface area contributed by atoms with Crippen molar-refractivity contribution >= 4 is 22.4 Å². The molecule has 0 amide bonds. The lowest BCUT2D eigenvalue weighted by molar-refractivity contribution is -0.383.